The smallest absolute Gasteiger partial charge is 0.256 e. The normalized spacial score (nSPS) is 25.9. The summed E-state index contributed by atoms with van der Waals surface area (Å²) in [5.74, 6) is 0. The zero-order chi connectivity index (χ0) is 13.2. The third kappa shape index (κ3) is 3.05. The number of aromatic nitrogens is 2. The molecule has 5 nitrogen and oxygen atoms in total. The highest BCUT2D eigenvalue weighted by molar-refractivity contribution is 7.89. The van der Waals surface area contributed by atoms with Gasteiger partial charge in [-0.3, -0.25) is 4.68 Å². The van der Waals surface area contributed by atoms with E-state index in [1.165, 1.54) is 16.9 Å². The van der Waals surface area contributed by atoms with E-state index in [0.717, 1.165) is 32.1 Å². The van der Waals surface area contributed by atoms with E-state index >= 15 is 0 Å². The van der Waals surface area contributed by atoms with Crippen LogP contribution in [0.25, 0.3) is 0 Å². The number of aryl methyl sites for hydroxylation is 1. The lowest BCUT2D eigenvalue weighted by molar-refractivity contribution is 0.506. The van der Waals surface area contributed by atoms with E-state index in [-0.39, 0.29) is 16.4 Å². The summed E-state index contributed by atoms with van der Waals surface area (Å²) in [5.41, 5.74) is 0. The molecule has 1 heterocycles. The average Bonchev–Trinajstić information content (AvgIpc) is 2.64. The predicted octanol–water partition coefficient (Wildman–Crippen LogP) is 1.64. The second kappa shape index (κ2) is 5.59. The first-order valence-corrected chi connectivity index (χ1v) is 8.07. The molecule has 1 aromatic heterocycles. The van der Waals surface area contributed by atoms with Gasteiger partial charge in [0.05, 0.1) is 6.20 Å². The number of sulfonamides is 1. The molecule has 1 fully saturated rings. The van der Waals surface area contributed by atoms with Crippen molar-refractivity contribution >= 4 is 21.6 Å². The molecule has 0 radical (unpaired) electrons. The van der Waals surface area contributed by atoms with Crippen LogP contribution in [-0.4, -0.2) is 29.6 Å². The van der Waals surface area contributed by atoms with Gasteiger partial charge in [0.1, 0.15) is 0 Å². The lowest BCUT2D eigenvalue weighted by Crippen LogP contribution is -2.41. The van der Waals surface area contributed by atoms with Crippen LogP contribution in [0.15, 0.2) is 17.3 Å². The number of hydrogen-bond acceptors (Lipinski definition) is 3. The van der Waals surface area contributed by atoms with Crippen molar-refractivity contribution in [2.24, 2.45) is 7.05 Å². The molecule has 2 unspecified atom stereocenters. The Morgan fingerprint density at radius 1 is 1.39 bits per heavy atom. The van der Waals surface area contributed by atoms with Gasteiger partial charge in [0, 0.05) is 18.5 Å². The first-order chi connectivity index (χ1) is 8.50. The summed E-state index contributed by atoms with van der Waals surface area (Å²) in [6.07, 6.45) is 6.33. The fraction of sp³-hybridized carbons (Fsp3) is 0.727. The van der Waals surface area contributed by atoms with E-state index in [9.17, 15) is 8.42 Å². The van der Waals surface area contributed by atoms with Crippen LogP contribution in [0.3, 0.4) is 0 Å². The van der Waals surface area contributed by atoms with Crippen molar-refractivity contribution in [2.75, 3.05) is 0 Å². The molecule has 1 saturated carbocycles. The number of nitrogens with zero attached hydrogens (tertiary/aromatic N) is 2. The number of halogens is 1. The highest BCUT2D eigenvalue weighted by Crippen LogP contribution is 2.23. The molecule has 1 aliphatic rings. The minimum Gasteiger partial charge on any atom is -0.256 e. The molecule has 1 aliphatic carbocycles. The Hall–Kier alpha value is -0.590. The standard InChI is InChI=1S/C11H18ClN3O2S/c1-15-11(7-8-13-15)18(16,17)14-10-6-4-2-3-5-9(10)12/h7-10,14H,2-6H2,1H3. The maximum Gasteiger partial charge on any atom is 0.258 e. The fourth-order valence-corrected chi connectivity index (χ4v) is 4.13. The molecular formula is C11H18ClN3O2S. The Kier molecular flexibility index (Phi) is 4.29. The molecular weight excluding hydrogens is 274 g/mol. The van der Waals surface area contributed by atoms with Crippen LogP contribution < -0.4 is 4.72 Å². The molecule has 0 bridgehead atoms. The number of rotatable bonds is 3. The van der Waals surface area contributed by atoms with Crippen molar-refractivity contribution < 1.29 is 8.42 Å². The molecule has 0 spiro atoms. The lowest BCUT2D eigenvalue weighted by Gasteiger charge is -2.20. The molecule has 1 N–H and O–H groups in total. The van der Waals surface area contributed by atoms with Gasteiger partial charge in [0.25, 0.3) is 10.0 Å². The highest BCUT2D eigenvalue weighted by Gasteiger charge is 2.28. The predicted molar refractivity (Wildman–Crippen MR) is 70.0 cm³/mol. The maximum atomic E-state index is 12.2. The molecule has 2 rings (SSSR count). The fourth-order valence-electron chi connectivity index (χ4n) is 2.28. The van der Waals surface area contributed by atoms with Crippen molar-refractivity contribution in [1.29, 1.82) is 0 Å². The molecule has 2 atom stereocenters. The minimum atomic E-state index is -3.53. The summed E-state index contributed by atoms with van der Waals surface area (Å²) in [4.78, 5) is 0. The van der Waals surface area contributed by atoms with E-state index in [2.05, 4.69) is 9.82 Å². The van der Waals surface area contributed by atoms with Crippen LogP contribution in [0.2, 0.25) is 0 Å². The van der Waals surface area contributed by atoms with Crippen molar-refractivity contribution in [2.45, 2.75) is 48.5 Å². The number of hydrogen-bond donors (Lipinski definition) is 1. The molecule has 102 valence electrons. The van der Waals surface area contributed by atoms with Crippen molar-refractivity contribution in [1.82, 2.24) is 14.5 Å². The third-order valence-electron chi connectivity index (χ3n) is 3.29. The Morgan fingerprint density at radius 3 is 2.78 bits per heavy atom. The molecule has 0 aliphatic heterocycles. The van der Waals surface area contributed by atoms with E-state index in [1.807, 2.05) is 0 Å². The zero-order valence-electron chi connectivity index (χ0n) is 10.3. The maximum absolute atomic E-state index is 12.2. The van der Waals surface area contributed by atoms with Crippen molar-refractivity contribution in [3.8, 4) is 0 Å². The van der Waals surface area contributed by atoms with E-state index in [4.69, 9.17) is 11.6 Å². The molecule has 18 heavy (non-hydrogen) atoms. The topological polar surface area (TPSA) is 64.0 Å². The van der Waals surface area contributed by atoms with Gasteiger partial charge in [-0.2, -0.15) is 5.10 Å². The van der Waals surface area contributed by atoms with Gasteiger partial charge in [0.15, 0.2) is 5.03 Å². The van der Waals surface area contributed by atoms with Gasteiger partial charge >= 0.3 is 0 Å². The molecule has 1 aromatic rings. The number of nitrogens with one attached hydrogen (secondary N) is 1. The monoisotopic (exact) mass is 291 g/mol. The van der Waals surface area contributed by atoms with Crippen molar-refractivity contribution in [3.05, 3.63) is 12.3 Å². The third-order valence-corrected chi connectivity index (χ3v) is 5.38. The summed E-state index contributed by atoms with van der Waals surface area (Å²) < 4.78 is 28.5. The second-order valence-electron chi connectivity index (χ2n) is 4.67. The van der Waals surface area contributed by atoms with Crippen LogP contribution in [0.1, 0.15) is 32.1 Å². The van der Waals surface area contributed by atoms with Gasteiger partial charge in [-0.05, 0) is 18.9 Å². The molecule has 7 heteroatoms. The van der Waals surface area contributed by atoms with Crippen LogP contribution in [0.4, 0.5) is 0 Å². The molecule has 0 saturated heterocycles. The van der Waals surface area contributed by atoms with Crippen LogP contribution >= 0.6 is 11.6 Å². The van der Waals surface area contributed by atoms with E-state index in [1.54, 1.807) is 7.05 Å². The minimum absolute atomic E-state index is 0.129. The summed E-state index contributed by atoms with van der Waals surface area (Å²) in [7, 11) is -1.92. The van der Waals surface area contributed by atoms with Crippen LogP contribution in [0, 0.1) is 0 Å². The van der Waals surface area contributed by atoms with Gasteiger partial charge in [-0.1, -0.05) is 19.3 Å². The quantitative estimate of drug-likeness (QED) is 0.680. The Balaban J connectivity index is 2.15. The van der Waals surface area contributed by atoms with Gasteiger partial charge in [-0.25, -0.2) is 13.1 Å². The largest absolute Gasteiger partial charge is 0.258 e. The first-order valence-electron chi connectivity index (χ1n) is 6.15. The van der Waals surface area contributed by atoms with Crippen LogP contribution in [-0.2, 0) is 17.1 Å². The second-order valence-corrected chi connectivity index (χ2v) is 6.90. The van der Waals surface area contributed by atoms with Crippen molar-refractivity contribution in [3.63, 3.8) is 0 Å². The Morgan fingerprint density at radius 2 is 2.11 bits per heavy atom. The van der Waals surface area contributed by atoms with Gasteiger partial charge in [0.2, 0.25) is 0 Å². The Labute approximate surface area is 113 Å². The average molecular weight is 292 g/mol. The van der Waals surface area contributed by atoms with Gasteiger partial charge in [-0.15, -0.1) is 11.6 Å². The van der Waals surface area contributed by atoms with E-state index < -0.39 is 10.0 Å². The molecule has 0 amide bonds. The van der Waals surface area contributed by atoms with Gasteiger partial charge < -0.3 is 0 Å². The van der Waals surface area contributed by atoms with Crippen LogP contribution in [0.5, 0.6) is 0 Å². The first kappa shape index (κ1) is 13.8. The Bertz CT molecular complexity index is 500. The highest BCUT2D eigenvalue weighted by atomic mass is 35.5. The molecule has 0 aromatic carbocycles. The zero-order valence-corrected chi connectivity index (χ0v) is 11.9. The summed E-state index contributed by atoms with van der Waals surface area (Å²) in [5, 5.41) is 3.93. The SMILES string of the molecule is Cn1nccc1S(=O)(=O)NC1CCCCCC1Cl. The number of alkyl halides is 1. The lowest BCUT2D eigenvalue weighted by atomic mass is 10.1. The van der Waals surface area contributed by atoms with E-state index in [0.29, 0.717) is 0 Å². The summed E-state index contributed by atoms with van der Waals surface area (Å²) in [6.45, 7) is 0. The summed E-state index contributed by atoms with van der Waals surface area (Å²) >= 11 is 6.24. The summed E-state index contributed by atoms with van der Waals surface area (Å²) in [6, 6.07) is 1.30.